The van der Waals surface area contributed by atoms with Crippen molar-refractivity contribution in [3.05, 3.63) is 66.1 Å². The Morgan fingerprint density at radius 1 is 1.10 bits per heavy atom. The van der Waals surface area contributed by atoms with Crippen molar-refractivity contribution in [3.63, 3.8) is 0 Å². The number of likely N-dealkylation sites (N-methyl/N-ethyl adjacent to an activating group) is 1. The van der Waals surface area contributed by atoms with Crippen molar-refractivity contribution in [2.75, 3.05) is 17.6 Å². The zero-order valence-corrected chi connectivity index (χ0v) is 18.1. The van der Waals surface area contributed by atoms with Crippen molar-refractivity contribution in [1.82, 2.24) is 15.0 Å². The minimum atomic E-state index is -3.67. The van der Waals surface area contributed by atoms with E-state index >= 15 is 0 Å². The number of para-hydroxylation sites is 1. The Morgan fingerprint density at radius 3 is 2.33 bits per heavy atom. The number of sulfonamides is 1. The predicted molar refractivity (Wildman–Crippen MR) is 114 cm³/mol. The van der Waals surface area contributed by atoms with Gasteiger partial charge in [0.25, 0.3) is 0 Å². The van der Waals surface area contributed by atoms with Gasteiger partial charge in [-0.3, -0.25) is 9.10 Å². The molecular weight excluding hydrogens is 404 g/mol. The van der Waals surface area contributed by atoms with Gasteiger partial charge in [-0.15, -0.1) is 0 Å². The molecule has 0 N–H and O–H groups in total. The van der Waals surface area contributed by atoms with Gasteiger partial charge in [-0.2, -0.15) is 4.98 Å². The lowest BCUT2D eigenvalue weighted by Gasteiger charge is -2.30. The van der Waals surface area contributed by atoms with Crippen LogP contribution in [0.15, 0.2) is 59.1 Å². The highest BCUT2D eigenvalue weighted by molar-refractivity contribution is 7.92. The maximum absolute atomic E-state index is 13.0. The van der Waals surface area contributed by atoms with E-state index in [1.807, 2.05) is 31.2 Å². The molecule has 0 aliphatic heterocycles. The van der Waals surface area contributed by atoms with Gasteiger partial charge in [-0.1, -0.05) is 53.2 Å². The summed E-state index contributed by atoms with van der Waals surface area (Å²) in [7, 11) is -2.10. The van der Waals surface area contributed by atoms with Gasteiger partial charge in [0.1, 0.15) is 6.04 Å². The lowest BCUT2D eigenvalue weighted by Crippen LogP contribution is -2.48. The highest BCUT2D eigenvalue weighted by Gasteiger charge is 2.31. The van der Waals surface area contributed by atoms with Gasteiger partial charge < -0.3 is 9.42 Å². The van der Waals surface area contributed by atoms with Gasteiger partial charge in [-0.25, -0.2) is 8.42 Å². The lowest BCUT2D eigenvalue weighted by atomic mass is 10.1. The van der Waals surface area contributed by atoms with Crippen LogP contribution >= 0.6 is 0 Å². The van der Waals surface area contributed by atoms with Crippen LogP contribution < -0.4 is 4.31 Å². The molecule has 0 spiro atoms. The van der Waals surface area contributed by atoms with Crippen molar-refractivity contribution in [3.8, 4) is 11.4 Å². The number of amides is 1. The Labute approximate surface area is 176 Å². The van der Waals surface area contributed by atoms with Crippen LogP contribution in [0.1, 0.15) is 18.4 Å². The first-order valence-electron chi connectivity index (χ1n) is 9.36. The van der Waals surface area contributed by atoms with Gasteiger partial charge in [0.2, 0.25) is 27.6 Å². The number of carbonyl (C=O) groups is 1. The third-order valence-corrected chi connectivity index (χ3v) is 5.85. The largest absolute Gasteiger partial charge is 0.337 e. The summed E-state index contributed by atoms with van der Waals surface area (Å²) >= 11 is 0. The van der Waals surface area contributed by atoms with E-state index in [0.29, 0.717) is 11.5 Å². The molecule has 0 radical (unpaired) electrons. The second kappa shape index (κ2) is 8.66. The van der Waals surface area contributed by atoms with Gasteiger partial charge in [-0.05, 0) is 26.0 Å². The van der Waals surface area contributed by atoms with E-state index in [2.05, 4.69) is 10.1 Å². The number of aromatic nitrogens is 2. The molecule has 1 atom stereocenters. The summed E-state index contributed by atoms with van der Waals surface area (Å²) in [5.74, 6) is 0.305. The number of carbonyl (C=O) groups excluding carboxylic acids is 1. The Balaban J connectivity index is 1.75. The Bertz CT molecular complexity index is 1110. The van der Waals surface area contributed by atoms with Crippen molar-refractivity contribution in [2.45, 2.75) is 26.4 Å². The van der Waals surface area contributed by atoms with Crippen molar-refractivity contribution in [2.24, 2.45) is 0 Å². The van der Waals surface area contributed by atoms with E-state index in [1.54, 1.807) is 44.3 Å². The Hall–Kier alpha value is -3.20. The molecular formula is C21H24N4O4S. The Morgan fingerprint density at radius 2 is 1.73 bits per heavy atom. The molecule has 1 heterocycles. The first-order valence-corrected chi connectivity index (χ1v) is 11.2. The second-order valence-electron chi connectivity index (χ2n) is 7.14. The minimum Gasteiger partial charge on any atom is -0.337 e. The van der Waals surface area contributed by atoms with E-state index in [9.17, 15) is 13.2 Å². The molecule has 0 saturated heterocycles. The molecule has 30 heavy (non-hydrogen) atoms. The maximum Gasteiger partial charge on any atom is 0.246 e. The molecule has 158 valence electrons. The number of hydrogen-bond donors (Lipinski definition) is 0. The van der Waals surface area contributed by atoms with Gasteiger partial charge >= 0.3 is 0 Å². The second-order valence-corrected chi connectivity index (χ2v) is 9.00. The fraction of sp³-hybridized carbons (Fsp3) is 0.286. The normalized spacial score (nSPS) is 12.4. The van der Waals surface area contributed by atoms with E-state index < -0.39 is 16.1 Å². The smallest absolute Gasteiger partial charge is 0.246 e. The summed E-state index contributed by atoms with van der Waals surface area (Å²) in [6.07, 6.45) is 1.08. The summed E-state index contributed by atoms with van der Waals surface area (Å²) < 4.78 is 31.1. The number of aryl methyl sites for hydroxylation is 1. The third kappa shape index (κ3) is 4.85. The molecule has 0 fully saturated rings. The first kappa shape index (κ1) is 21.5. The summed E-state index contributed by atoms with van der Waals surface area (Å²) in [5.41, 5.74) is 2.36. The molecule has 0 aliphatic carbocycles. The van der Waals surface area contributed by atoms with Crippen molar-refractivity contribution in [1.29, 1.82) is 0 Å². The first-order chi connectivity index (χ1) is 14.2. The van der Waals surface area contributed by atoms with Crippen LogP contribution in [0.2, 0.25) is 0 Å². The van der Waals surface area contributed by atoms with Gasteiger partial charge in [0.05, 0.1) is 18.5 Å². The predicted octanol–water partition coefficient (Wildman–Crippen LogP) is 2.86. The minimum absolute atomic E-state index is 0.0639. The van der Waals surface area contributed by atoms with Crippen LogP contribution in [0.4, 0.5) is 5.69 Å². The SMILES string of the molecule is Cc1ccc(-c2noc(CN(C)C(=O)[C@@H](C)N(c3ccccc3)S(C)(=O)=O)n2)cc1. The van der Waals surface area contributed by atoms with Gasteiger partial charge in [0, 0.05) is 12.6 Å². The van der Waals surface area contributed by atoms with Crippen LogP contribution in [-0.2, 0) is 21.4 Å². The monoisotopic (exact) mass is 428 g/mol. The molecule has 0 aliphatic rings. The fourth-order valence-corrected chi connectivity index (χ4v) is 4.29. The fourth-order valence-electron chi connectivity index (χ4n) is 3.12. The van der Waals surface area contributed by atoms with Crippen LogP contribution in [-0.4, -0.2) is 48.7 Å². The molecule has 0 unspecified atom stereocenters. The van der Waals surface area contributed by atoms with Crippen LogP contribution in [0.5, 0.6) is 0 Å². The summed E-state index contributed by atoms with van der Waals surface area (Å²) in [5, 5.41) is 3.96. The molecule has 0 saturated carbocycles. The molecule has 0 bridgehead atoms. The quantitative estimate of drug-likeness (QED) is 0.574. The summed E-state index contributed by atoms with van der Waals surface area (Å²) in [6, 6.07) is 15.3. The maximum atomic E-state index is 13.0. The zero-order chi connectivity index (χ0) is 21.9. The number of nitrogens with zero attached hydrogens (tertiary/aromatic N) is 4. The average Bonchev–Trinajstić information content (AvgIpc) is 3.16. The summed E-state index contributed by atoms with van der Waals surface area (Å²) in [6.45, 7) is 3.61. The van der Waals surface area contributed by atoms with Gasteiger partial charge in [0.15, 0.2) is 0 Å². The highest BCUT2D eigenvalue weighted by atomic mass is 32.2. The van der Waals surface area contributed by atoms with E-state index in [4.69, 9.17) is 4.52 Å². The molecule has 1 amide bonds. The van der Waals surface area contributed by atoms with Crippen molar-refractivity contribution < 1.29 is 17.7 Å². The third-order valence-electron chi connectivity index (χ3n) is 4.60. The Kier molecular flexibility index (Phi) is 6.21. The lowest BCUT2D eigenvalue weighted by molar-refractivity contribution is -0.131. The number of benzene rings is 2. The zero-order valence-electron chi connectivity index (χ0n) is 17.3. The topological polar surface area (TPSA) is 96.6 Å². The molecule has 3 rings (SSSR count). The molecule has 3 aromatic rings. The van der Waals surface area contributed by atoms with Crippen LogP contribution in [0.3, 0.4) is 0 Å². The van der Waals surface area contributed by atoms with E-state index in [1.165, 1.54) is 4.90 Å². The average molecular weight is 429 g/mol. The standard InChI is InChI=1S/C21H24N4O4S/c1-15-10-12-17(13-11-15)20-22-19(29-23-20)14-24(3)21(26)16(2)25(30(4,27)28)18-8-6-5-7-9-18/h5-13,16H,14H2,1-4H3/t16-/m1/s1. The number of hydrogen-bond acceptors (Lipinski definition) is 6. The van der Waals surface area contributed by atoms with Crippen LogP contribution in [0, 0.1) is 6.92 Å². The molecule has 8 nitrogen and oxygen atoms in total. The molecule has 2 aromatic carbocycles. The van der Waals surface area contributed by atoms with Crippen LogP contribution in [0.25, 0.3) is 11.4 Å². The number of rotatable bonds is 7. The highest BCUT2D eigenvalue weighted by Crippen LogP contribution is 2.22. The molecule has 1 aromatic heterocycles. The van der Waals surface area contributed by atoms with E-state index in [-0.39, 0.29) is 18.3 Å². The summed E-state index contributed by atoms with van der Waals surface area (Å²) in [4.78, 5) is 18.7. The van der Waals surface area contributed by atoms with Crippen molar-refractivity contribution >= 4 is 21.6 Å². The molecule has 9 heteroatoms. The number of anilines is 1. The van der Waals surface area contributed by atoms with E-state index in [0.717, 1.165) is 21.7 Å².